The normalized spacial score (nSPS) is 11.7. The van der Waals surface area contributed by atoms with Gasteiger partial charge in [-0.15, -0.1) is 65.2 Å². The number of hydrogen-bond donors (Lipinski definition) is 0. The second kappa shape index (κ2) is 45.4. The molecule has 740 valence electrons. The van der Waals surface area contributed by atoms with Gasteiger partial charge in [-0.25, -0.2) is 9.36 Å². The minimum Gasteiger partial charge on any atom is -0.261 e. The van der Waals surface area contributed by atoms with E-state index in [1.54, 1.807) is 0 Å². The van der Waals surface area contributed by atoms with Crippen molar-refractivity contribution in [1.82, 2.24) is 29.5 Å². The van der Waals surface area contributed by atoms with E-state index in [2.05, 4.69) is 496 Å². The molecule has 0 aliphatic carbocycles. The third kappa shape index (κ3) is 24.1. The van der Waals surface area contributed by atoms with Crippen molar-refractivity contribution < 1.29 is 40.2 Å². The van der Waals surface area contributed by atoms with Crippen LogP contribution in [-0.2, 0) is 87.6 Å². The minimum atomic E-state index is 0. The Morgan fingerprint density at radius 2 is 0.552 bits per heavy atom. The van der Waals surface area contributed by atoms with E-state index in [0.717, 1.165) is 100 Å². The molecule has 18 aromatic rings. The van der Waals surface area contributed by atoms with Crippen molar-refractivity contribution in [1.29, 1.82) is 0 Å². The predicted molar refractivity (Wildman–Crippen MR) is 610 cm³/mol. The molecule has 2 radical (unpaired) electrons. The van der Waals surface area contributed by atoms with Crippen molar-refractivity contribution in [3.8, 4) is 168 Å². The van der Waals surface area contributed by atoms with Crippen LogP contribution < -0.4 is 0 Å². The zero-order valence-corrected chi connectivity index (χ0v) is 94.3. The Kier molecular flexibility index (Phi) is 33.3. The van der Waals surface area contributed by atoms with E-state index < -0.39 is 0 Å². The molecule has 6 nitrogen and oxygen atoms in total. The van der Waals surface area contributed by atoms with Crippen LogP contribution in [0.5, 0.6) is 0 Å². The van der Waals surface area contributed by atoms with Gasteiger partial charge in [0, 0.05) is 53.1 Å². The monoisotopic (exact) mass is 2260 g/mol. The summed E-state index contributed by atoms with van der Waals surface area (Å²) in [6, 6.07) is 127. The third-order valence-corrected chi connectivity index (χ3v) is 29.2. The second-order valence-electron chi connectivity index (χ2n) is 43.9. The Balaban J connectivity index is 0.000000217. The Labute approximate surface area is 893 Å². The smallest absolute Gasteiger partial charge is 0.122 e. The topological polar surface area (TPSA) is 61.4 Å². The molecule has 0 bridgehead atoms. The van der Waals surface area contributed by atoms with Gasteiger partial charge in [0.05, 0.1) is 23.0 Å². The van der Waals surface area contributed by atoms with Gasteiger partial charge in [0.2, 0.25) is 0 Å². The summed E-state index contributed by atoms with van der Waals surface area (Å²) in [5, 5.41) is 10.7. The molecule has 0 N–H and O–H groups in total. The average Bonchev–Trinajstić information content (AvgIpc) is 0.897. The molecule has 0 amide bonds. The molecule has 0 unspecified atom stereocenters. The summed E-state index contributed by atoms with van der Waals surface area (Å²) in [7, 11) is 0. The van der Waals surface area contributed by atoms with Crippen LogP contribution in [0.4, 0.5) is 0 Å². The molecule has 16 aromatic carbocycles. The number of rotatable bonds is 26. The van der Waals surface area contributed by atoms with E-state index in [9.17, 15) is 0 Å². The van der Waals surface area contributed by atoms with Gasteiger partial charge >= 0.3 is 0 Å². The molecule has 18 rings (SSSR count). The number of hydrogen-bond acceptors (Lipinski definition) is 4. The van der Waals surface area contributed by atoms with Crippen LogP contribution in [0.2, 0.25) is 0 Å². The molecule has 0 aliphatic heterocycles. The van der Waals surface area contributed by atoms with E-state index >= 15 is 0 Å². The van der Waals surface area contributed by atoms with Crippen molar-refractivity contribution in [3.05, 3.63) is 418 Å². The van der Waals surface area contributed by atoms with Gasteiger partial charge in [-0.05, 0) is 365 Å². The van der Waals surface area contributed by atoms with E-state index in [1.165, 1.54) is 204 Å². The van der Waals surface area contributed by atoms with Crippen molar-refractivity contribution in [3.63, 3.8) is 0 Å². The van der Waals surface area contributed by atoms with Crippen LogP contribution in [0.15, 0.2) is 322 Å². The molecular formula is C137H142Ir2N6-2. The maximum absolute atomic E-state index is 5.43. The number of aromatic nitrogens is 6. The van der Waals surface area contributed by atoms with Crippen molar-refractivity contribution in [2.75, 3.05) is 0 Å². The Morgan fingerprint density at radius 3 is 0.890 bits per heavy atom. The molecule has 0 saturated carbocycles. The fourth-order valence-corrected chi connectivity index (χ4v) is 20.2. The number of benzene rings is 16. The molecule has 0 saturated heterocycles. The van der Waals surface area contributed by atoms with Crippen LogP contribution in [0.1, 0.15) is 233 Å². The summed E-state index contributed by atoms with van der Waals surface area (Å²) in [5.74, 6) is 3.30. The summed E-state index contributed by atoms with van der Waals surface area (Å²) in [4.78, 5) is 10.5. The third-order valence-electron chi connectivity index (χ3n) is 29.2. The molecule has 145 heavy (non-hydrogen) atoms. The van der Waals surface area contributed by atoms with Gasteiger partial charge in [0.1, 0.15) is 11.6 Å². The van der Waals surface area contributed by atoms with E-state index in [1.807, 2.05) is 6.07 Å². The number of aryl methyl sites for hydroxylation is 5. The van der Waals surface area contributed by atoms with E-state index in [-0.39, 0.29) is 61.9 Å². The van der Waals surface area contributed by atoms with Gasteiger partial charge in [-0.3, -0.25) is 9.97 Å². The maximum atomic E-state index is 5.43. The van der Waals surface area contributed by atoms with Crippen LogP contribution >= 0.6 is 0 Å². The number of nitrogens with zero attached hydrogens (tertiary/aromatic N) is 6. The Bertz CT molecular complexity index is 7250. The SMILES string of the molecule is CCCCc1ccc(-c2cc(-c3ccc(CCCC)cc3)cc(-c3cc[c-]c(-c4nc(CCC)n(-c5c(C)c(C)c(-c6cc(-c7ccc(C(C)(C)C)cc7)cc(-c7ccc(C(C)(C)C)cc7)c6)c(C)c5C)n4)c3)c2)cc1.CCCc1nc(-c2[c-]cc(-c3cc(-c4ccccc4)cc(-c4ccccc4)c3)cc2)nn1-c1c(C)cc(-c2cc(-c3ccc(C(C)(C)C)cc3)cc(-c3ccc(C(C)(C)C)cc3)c2)c(C)c1C.[Ir].[Ir]. The first-order valence-electron chi connectivity index (χ1n) is 52.1. The van der Waals surface area contributed by atoms with Gasteiger partial charge in [0.15, 0.2) is 0 Å². The van der Waals surface area contributed by atoms with Gasteiger partial charge in [0.25, 0.3) is 0 Å². The first kappa shape index (κ1) is 106. The predicted octanol–water partition coefficient (Wildman–Crippen LogP) is 37.4. The zero-order valence-electron chi connectivity index (χ0n) is 89.5. The fraction of sp³-hybridized carbons (Fsp3) is 0.270. The second-order valence-corrected chi connectivity index (χ2v) is 43.9. The summed E-state index contributed by atoms with van der Waals surface area (Å²) >= 11 is 0. The molecule has 8 heteroatoms. The molecule has 0 atom stereocenters. The van der Waals surface area contributed by atoms with Crippen molar-refractivity contribution >= 4 is 0 Å². The zero-order chi connectivity index (χ0) is 101. The first-order valence-corrected chi connectivity index (χ1v) is 52.1. The van der Waals surface area contributed by atoms with Crippen LogP contribution in [0.25, 0.3) is 168 Å². The van der Waals surface area contributed by atoms with E-state index in [4.69, 9.17) is 20.2 Å². The summed E-state index contributed by atoms with van der Waals surface area (Å²) < 4.78 is 4.25. The Hall–Kier alpha value is -12.9. The molecule has 0 spiro atoms. The van der Waals surface area contributed by atoms with Gasteiger partial charge < -0.3 is 0 Å². The molecular weight excluding hydrogens is 2110 g/mol. The molecule has 0 aliphatic rings. The molecule has 2 heterocycles. The molecule has 2 aromatic heterocycles. The summed E-state index contributed by atoms with van der Waals surface area (Å²) in [6.45, 7) is 52.1. The van der Waals surface area contributed by atoms with Crippen LogP contribution in [-0.4, -0.2) is 29.5 Å². The molecule has 0 fully saturated rings. The fourth-order valence-electron chi connectivity index (χ4n) is 20.2. The van der Waals surface area contributed by atoms with Crippen LogP contribution in [0, 0.1) is 60.6 Å². The van der Waals surface area contributed by atoms with E-state index in [0.29, 0.717) is 11.6 Å². The quantitative estimate of drug-likeness (QED) is 0.0507. The largest absolute Gasteiger partial charge is 0.261 e. The minimum absolute atomic E-state index is 0. The van der Waals surface area contributed by atoms with Crippen molar-refractivity contribution in [2.45, 2.75) is 245 Å². The maximum Gasteiger partial charge on any atom is 0.122 e. The standard InChI is InChI=1S/C73H80N3.C64H62N3.2Ir/c1-14-17-21-52-25-29-54(30-26-52)60-42-61(55-31-27-53(28-32-55)22-18-15-2)45-64(44-60)58-23-19-24-59(41-58)71-74-68(20-16-3)76(75-71)70-50(6)48(4)69(49(5)51(70)7)65-46-62(56-33-37-66(38-34-56)72(8,9)10)43-63(47-65)57-35-39-67(40-36-57)73(11,12)13;1-11-18-60-65-62(50-25-23-47(24-26-50)53-37-51(45-19-14-12-15-20-45)36-52(38-53)46-21-16-13-17-22-46)66-67(60)61-42(2)35-59(43(3)44(61)4)56-40-54(48-27-31-57(32-28-48)63(5,6)7)39-55(41-56)49-29-33-58(34-30-49)64(8,9)10;;/h19,23,25-47H,14-18,20-22H2,1-13H3;12-17,19-25,27-41H,11,18H2,1-10H3;;/q2*-1;;. The summed E-state index contributed by atoms with van der Waals surface area (Å²) in [6.07, 6.45) is 10.6. The van der Waals surface area contributed by atoms with Gasteiger partial charge in [-0.2, -0.15) is 10.2 Å². The van der Waals surface area contributed by atoms with Crippen LogP contribution in [0.3, 0.4) is 0 Å². The number of unbranched alkanes of at least 4 members (excludes halogenated alkanes) is 2. The summed E-state index contributed by atoms with van der Waals surface area (Å²) in [5.41, 5.74) is 49.7. The first-order chi connectivity index (χ1) is 68.6. The average molecular weight is 2260 g/mol. The van der Waals surface area contributed by atoms with Gasteiger partial charge in [-0.1, -0.05) is 353 Å². The van der Waals surface area contributed by atoms with Crippen molar-refractivity contribution in [2.24, 2.45) is 0 Å². The Morgan fingerprint density at radius 1 is 0.248 bits per heavy atom.